The normalized spacial score (nSPS) is 14.0. The lowest BCUT2D eigenvalue weighted by Crippen LogP contribution is -2.35. The molecule has 0 fully saturated rings. The van der Waals surface area contributed by atoms with E-state index in [1.165, 1.54) is 6.07 Å². The summed E-state index contributed by atoms with van der Waals surface area (Å²) < 4.78 is 13.8. The van der Waals surface area contributed by atoms with Gasteiger partial charge in [0, 0.05) is 17.2 Å². The van der Waals surface area contributed by atoms with Gasteiger partial charge in [-0.05, 0) is 40.2 Å². The van der Waals surface area contributed by atoms with Crippen molar-refractivity contribution in [3.8, 4) is 0 Å². The molecular formula is C15H11BrFNOS. The molecule has 0 spiro atoms. The van der Waals surface area contributed by atoms with Crippen LogP contribution in [0, 0.1) is 5.82 Å². The molecule has 0 saturated heterocycles. The smallest absolute Gasteiger partial charge is 0.259 e. The van der Waals surface area contributed by atoms with Crippen molar-refractivity contribution in [2.45, 2.75) is 4.90 Å². The Balaban J connectivity index is 2.02. The second kappa shape index (κ2) is 5.58. The first-order valence-corrected chi connectivity index (χ1v) is 7.94. The Morgan fingerprint density at radius 1 is 1.20 bits per heavy atom. The Kier molecular flexibility index (Phi) is 3.81. The first-order chi connectivity index (χ1) is 9.68. The van der Waals surface area contributed by atoms with E-state index in [9.17, 15) is 9.18 Å². The van der Waals surface area contributed by atoms with Crippen LogP contribution in [0.5, 0.6) is 0 Å². The van der Waals surface area contributed by atoms with Crippen molar-refractivity contribution in [1.82, 2.24) is 0 Å². The van der Waals surface area contributed by atoms with Crippen LogP contribution in [0.2, 0.25) is 0 Å². The molecule has 0 unspecified atom stereocenters. The third-order valence-electron chi connectivity index (χ3n) is 3.16. The fourth-order valence-electron chi connectivity index (χ4n) is 2.19. The number of thioether (sulfide) groups is 1. The van der Waals surface area contributed by atoms with E-state index in [0.717, 1.165) is 16.3 Å². The maximum atomic E-state index is 13.6. The van der Waals surface area contributed by atoms with Crippen molar-refractivity contribution in [3.05, 3.63) is 58.3 Å². The van der Waals surface area contributed by atoms with Crippen LogP contribution in [0.15, 0.2) is 51.8 Å². The van der Waals surface area contributed by atoms with E-state index in [1.54, 1.807) is 28.8 Å². The molecule has 1 aliphatic heterocycles. The summed E-state index contributed by atoms with van der Waals surface area (Å²) in [6.45, 7) is 0.628. The van der Waals surface area contributed by atoms with E-state index in [0.29, 0.717) is 12.1 Å². The molecule has 3 rings (SSSR count). The van der Waals surface area contributed by atoms with Crippen LogP contribution in [-0.4, -0.2) is 18.2 Å². The summed E-state index contributed by atoms with van der Waals surface area (Å²) in [6.07, 6.45) is 0. The summed E-state index contributed by atoms with van der Waals surface area (Å²) in [5.41, 5.74) is 1.25. The number of para-hydroxylation sites is 1. The monoisotopic (exact) mass is 351 g/mol. The van der Waals surface area contributed by atoms with Gasteiger partial charge in [-0.2, -0.15) is 0 Å². The van der Waals surface area contributed by atoms with Gasteiger partial charge in [0.2, 0.25) is 0 Å². The van der Waals surface area contributed by atoms with E-state index >= 15 is 0 Å². The van der Waals surface area contributed by atoms with Crippen LogP contribution in [0.25, 0.3) is 0 Å². The highest BCUT2D eigenvalue weighted by molar-refractivity contribution is 9.10. The van der Waals surface area contributed by atoms with Crippen LogP contribution in [0.1, 0.15) is 10.4 Å². The number of carbonyl (C=O) groups excluding carboxylic acids is 1. The highest BCUT2D eigenvalue weighted by Gasteiger charge is 2.25. The number of rotatable bonds is 1. The first kappa shape index (κ1) is 13.6. The van der Waals surface area contributed by atoms with Crippen LogP contribution >= 0.6 is 27.7 Å². The minimum absolute atomic E-state index is 0.177. The van der Waals surface area contributed by atoms with Crippen molar-refractivity contribution in [1.29, 1.82) is 0 Å². The van der Waals surface area contributed by atoms with Gasteiger partial charge in [0.25, 0.3) is 5.91 Å². The zero-order chi connectivity index (χ0) is 14.1. The van der Waals surface area contributed by atoms with Gasteiger partial charge in [-0.1, -0.05) is 18.2 Å². The summed E-state index contributed by atoms with van der Waals surface area (Å²) in [5.74, 6) is 0.245. The molecule has 2 nitrogen and oxygen atoms in total. The largest absolute Gasteiger partial charge is 0.306 e. The fourth-order valence-corrected chi connectivity index (χ4v) is 3.62. The Labute approximate surface area is 129 Å². The lowest BCUT2D eigenvalue weighted by Gasteiger charge is -2.29. The molecule has 1 aliphatic rings. The summed E-state index contributed by atoms with van der Waals surface area (Å²) in [5, 5.41) is 0. The lowest BCUT2D eigenvalue weighted by atomic mass is 10.1. The SMILES string of the molecule is O=C(c1cccc(F)c1Br)N1CCSc2ccccc21. The highest BCUT2D eigenvalue weighted by Crippen LogP contribution is 2.35. The molecule has 1 amide bonds. The van der Waals surface area contributed by atoms with E-state index in [4.69, 9.17) is 0 Å². The van der Waals surface area contributed by atoms with Gasteiger partial charge in [-0.25, -0.2) is 4.39 Å². The Morgan fingerprint density at radius 2 is 2.00 bits per heavy atom. The van der Waals surface area contributed by atoms with Crippen LogP contribution in [0.4, 0.5) is 10.1 Å². The van der Waals surface area contributed by atoms with Crippen molar-refractivity contribution in [2.75, 3.05) is 17.2 Å². The molecule has 0 radical (unpaired) electrons. The van der Waals surface area contributed by atoms with Crippen LogP contribution in [-0.2, 0) is 0 Å². The number of fused-ring (bicyclic) bond motifs is 1. The fraction of sp³-hybridized carbons (Fsp3) is 0.133. The highest BCUT2D eigenvalue weighted by atomic mass is 79.9. The van der Waals surface area contributed by atoms with Gasteiger partial charge in [-0.15, -0.1) is 11.8 Å². The Morgan fingerprint density at radius 3 is 2.85 bits per heavy atom. The number of amides is 1. The predicted octanol–water partition coefficient (Wildman–Crippen LogP) is 4.34. The second-order valence-corrected chi connectivity index (χ2v) is 6.30. The molecular weight excluding hydrogens is 341 g/mol. The van der Waals surface area contributed by atoms with E-state index in [2.05, 4.69) is 15.9 Å². The Hall–Kier alpha value is -1.33. The zero-order valence-corrected chi connectivity index (χ0v) is 12.9. The molecule has 0 aliphatic carbocycles. The van der Waals surface area contributed by atoms with Crippen LogP contribution in [0.3, 0.4) is 0 Å². The average molecular weight is 352 g/mol. The number of benzene rings is 2. The van der Waals surface area contributed by atoms with Gasteiger partial charge in [-0.3, -0.25) is 4.79 Å². The Bertz CT molecular complexity index is 677. The molecule has 20 heavy (non-hydrogen) atoms. The number of nitrogens with zero attached hydrogens (tertiary/aromatic N) is 1. The quantitative estimate of drug-likeness (QED) is 0.761. The minimum Gasteiger partial charge on any atom is -0.306 e. The van der Waals surface area contributed by atoms with Crippen molar-refractivity contribution < 1.29 is 9.18 Å². The second-order valence-electron chi connectivity index (χ2n) is 4.37. The summed E-state index contributed by atoms with van der Waals surface area (Å²) in [4.78, 5) is 15.5. The third-order valence-corrected chi connectivity index (χ3v) is 5.00. The minimum atomic E-state index is -0.421. The van der Waals surface area contributed by atoms with Gasteiger partial charge in [0.05, 0.1) is 15.7 Å². The molecule has 102 valence electrons. The molecule has 0 bridgehead atoms. The predicted molar refractivity (Wildman–Crippen MR) is 82.9 cm³/mol. The van der Waals surface area contributed by atoms with Gasteiger partial charge < -0.3 is 4.90 Å². The van der Waals surface area contributed by atoms with Gasteiger partial charge in [0.15, 0.2) is 0 Å². The average Bonchev–Trinajstić information content (AvgIpc) is 2.49. The molecule has 1 heterocycles. The number of carbonyl (C=O) groups is 1. The summed E-state index contributed by atoms with van der Waals surface area (Å²) in [7, 11) is 0. The summed E-state index contributed by atoms with van der Waals surface area (Å²) in [6, 6.07) is 12.3. The van der Waals surface area contributed by atoms with E-state index < -0.39 is 5.82 Å². The number of halogens is 2. The van der Waals surface area contributed by atoms with E-state index in [1.807, 2.05) is 24.3 Å². The summed E-state index contributed by atoms with van der Waals surface area (Å²) >= 11 is 4.89. The molecule has 0 aromatic heterocycles. The molecule has 0 saturated carbocycles. The van der Waals surface area contributed by atoms with Gasteiger partial charge >= 0.3 is 0 Å². The van der Waals surface area contributed by atoms with Crippen LogP contribution < -0.4 is 4.90 Å². The van der Waals surface area contributed by atoms with Crippen molar-refractivity contribution in [3.63, 3.8) is 0 Å². The maximum absolute atomic E-state index is 13.6. The third kappa shape index (κ3) is 2.36. The number of anilines is 1. The lowest BCUT2D eigenvalue weighted by molar-refractivity contribution is 0.0986. The molecule has 2 aromatic rings. The van der Waals surface area contributed by atoms with E-state index in [-0.39, 0.29) is 10.4 Å². The number of hydrogen-bond acceptors (Lipinski definition) is 2. The molecule has 0 atom stereocenters. The maximum Gasteiger partial charge on any atom is 0.259 e. The molecule has 0 N–H and O–H groups in total. The molecule has 5 heteroatoms. The van der Waals surface area contributed by atoms with Crippen molar-refractivity contribution >= 4 is 39.3 Å². The molecule has 2 aromatic carbocycles. The zero-order valence-electron chi connectivity index (χ0n) is 10.5. The topological polar surface area (TPSA) is 20.3 Å². The first-order valence-electron chi connectivity index (χ1n) is 6.16. The standard InChI is InChI=1S/C15H11BrFNOS/c16-14-10(4-3-5-11(14)17)15(19)18-8-9-20-13-7-2-1-6-12(13)18/h1-7H,8-9H2. The van der Waals surface area contributed by atoms with Gasteiger partial charge in [0.1, 0.15) is 5.82 Å². The van der Waals surface area contributed by atoms with Crippen molar-refractivity contribution in [2.24, 2.45) is 0 Å². The number of hydrogen-bond donors (Lipinski definition) is 0.